The molecule has 6 nitrogen and oxygen atoms in total. The Balaban J connectivity index is 1.51. The van der Waals surface area contributed by atoms with Crippen LogP contribution in [0.25, 0.3) is 10.8 Å². The van der Waals surface area contributed by atoms with Gasteiger partial charge in [-0.05, 0) is 48.0 Å². The van der Waals surface area contributed by atoms with Crippen LogP contribution in [0.3, 0.4) is 0 Å². The minimum Gasteiger partial charge on any atom is -0.497 e. The fourth-order valence-corrected chi connectivity index (χ4v) is 3.86. The van der Waals surface area contributed by atoms with E-state index in [9.17, 15) is 9.59 Å². The number of carbonyl (C=O) groups excluding carboxylic acids is 2. The lowest BCUT2D eigenvalue weighted by atomic mass is 10.1. The number of anilines is 2. The van der Waals surface area contributed by atoms with Crippen molar-refractivity contribution in [2.45, 2.75) is 19.5 Å². The second-order valence-electron chi connectivity index (χ2n) is 7.78. The van der Waals surface area contributed by atoms with Crippen molar-refractivity contribution in [3.05, 3.63) is 66.2 Å². The Kier molecular flexibility index (Phi) is 5.42. The summed E-state index contributed by atoms with van der Waals surface area (Å²) in [6.07, 6.45) is 0. The van der Waals surface area contributed by atoms with Crippen LogP contribution >= 0.6 is 0 Å². The molecule has 0 spiro atoms. The van der Waals surface area contributed by atoms with Gasteiger partial charge in [0.2, 0.25) is 5.91 Å². The van der Waals surface area contributed by atoms with Gasteiger partial charge < -0.3 is 15.0 Å². The number of fused-ring (bicyclic) bond motifs is 2. The van der Waals surface area contributed by atoms with Gasteiger partial charge >= 0.3 is 0 Å². The van der Waals surface area contributed by atoms with Gasteiger partial charge in [0.25, 0.3) is 5.91 Å². The van der Waals surface area contributed by atoms with Crippen LogP contribution in [0.4, 0.5) is 11.4 Å². The van der Waals surface area contributed by atoms with Gasteiger partial charge in [0.15, 0.2) is 6.04 Å². The first-order chi connectivity index (χ1) is 14.5. The molecule has 6 heteroatoms. The number of quaternary nitrogens is 1. The molecule has 1 aliphatic rings. The number of nitrogens with zero attached hydrogens (tertiary/aromatic N) is 1. The van der Waals surface area contributed by atoms with Gasteiger partial charge in [-0.2, -0.15) is 0 Å². The average Bonchev–Trinajstić information content (AvgIpc) is 2.77. The highest BCUT2D eigenvalue weighted by Gasteiger charge is 2.33. The van der Waals surface area contributed by atoms with Crippen molar-refractivity contribution in [3.63, 3.8) is 0 Å². The quantitative estimate of drug-likeness (QED) is 0.686. The van der Waals surface area contributed by atoms with Crippen LogP contribution in [-0.4, -0.2) is 38.6 Å². The van der Waals surface area contributed by atoms with Crippen molar-refractivity contribution in [1.29, 1.82) is 0 Å². The number of hydrogen-bond acceptors (Lipinski definition) is 3. The highest BCUT2D eigenvalue weighted by molar-refractivity contribution is 6.10. The van der Waals surface area contributed by atoms with E-state index >= 15 is 0 Å². The zero-order valence-electron chi connectivity index (χ0n) is 17.4. The summed E-state index contributed by atoms with van der Waals surface area (Å²) < 4.78 is 5.29. The molecular weight excluding hydrogens is 378 g/mol. The van der Waals surface area contributed by atoms with Crippen LogP contribution in [0.1, 0.15) is 12.5 Å². The maximum atomic E-state index is 13.2. The predicted molar refractivity (Wildman–Crippen MR) is 118 cm³/mol. The molecule has 0 bridgehead atoms. The van der Waals surface area contributed by atoms with Gasteiger partial charge in [-0.25, -0.2) is 0 Å². The highest BCUT2D eigenvalue weighted by Crippen LogP contribution is 2.29. The van der Waals surface area contributed by atoms with E-state index in [1.165, 1.54) is 0 Å². The number of hydrogen-bond donors (Lipinski definition) is 2. The first-order valence-electron chi connectivity index (χ1n) is 10.1. The minimum absolute atomic E-state index is 0.0469. The number of likely N-dealkylation sites (N-methyl/N-ethyl adjacent to an activating group) is 1. The van der Waals surface area contributed by atoms with Crippen LogP contribution in [0.15, 0.2) is 60.7 Å². The Bertz CT molecular complexity index is 1110. The van der Waals surface area contributed by atoms with Crippen LogP contribution < -0.4 is 19.9 Å². The Morgan fingerprint density at radius 3 is 2.67 bits per heavy atom. The van der Waals surface area contributed by atoms with E-state index in [-0.39, 0.29) is 24.4 Å². The van der Waals surface area contributed by atoms with Gasteiger partial charge in [0.05, 0.1) is 25.5 Å². The fraction of sp³-hybridized carbons (Fsp3) is 0.250. The van der Waals surface area contributed by atoms with Crippen molar-refractivity contribution in [1.82, 2.24) is 0 Å². The molecule has 0 aromatic heterocycles. The number of nitrogens with one attached hydrogen (secondary N) is 2. The number of para-hydroxylation sites is 2. The molecule has 3 aromatic carbocycles. The molecule has 0 saturated heterocycles. The number of rotatable bonds is 5. The van der Waals surface area contributed by atoms with Gasteiger partial charge in [-0.1, -0.05) is 30.3 Å². The Morgan fingerprint density at radius 2 is 1.87 bits per heavy atom. The molecule has 2 atom stereocenters. The lowest BCUT2D eigenvalue weighted by Gasteiger charge is -2.32. The van der Waals surface area contributed by atoms with Crippen LogP contribution in [0, 0.1) is 0 Å². The molecule has 0 fully saturated rings. The Morgan fingerprint density at radius 1 is 1.13 bits per heavy atom. The normalized spacial score (nSPS) is 15.3. The Hall–Kier alpha value is -3.38. The Labute approximate surface area is 176 Å². The van der Waals surface area contributed by atoms with E-state index < -0.39 is 0 Å². The van der Waals surface area contributed by atoms with Gasteiger partial charge in [-0.3, -0.25) is 14.5 Å². The molecular formula is C24H26N3O3+. The maximum Gasteiger partial charge on any atom is 0.285 e. The molecule has 1 heterocycles. The van der Waals surface area contributed by atoms with Crippen molar-refractivity contribution < 1.29 is 19.2 Å². The van der Waals surface area contributed by atoms with E-state index in [2.05, 4.69) is 23.5 Å². The molecule has 4 rings (SSSR count). The molecule has 2 amide bonds. The summed E-state index contributed by atoms with van der Waals surface area (Å²) >= 11 is 0. The minimum atomic E-state index is -0.296. The number of ether oxygens (including phenoxy) is 1. The molecule has 3 aromatic rings. The third-order valence-electron chi connectivity index (χ3n) is 5.74. The molecule has 30 heavy (non-hydrogen) atoms. The first kappa shape index (κ1) is 19.9. The molecule has 0 aliphatic carbocycles. The molecule has 154 valence electrons. The fourth-order valence-electron chi connectivity index (χ4n) is 3.86. The van der Waals surface area contributed by atoms with E-state index in [1.807, 2.05) is 56.4 Å². The third kappa shape index (κ3) is 3.86. The van der Waals surface area contributed by atoms with Crippen LogP contribution in [0.5, 0.6) is 5.75 Å². The van der Waals surface area contributed by atoms with Crippen molar-refractivity contribution >= 4 is 34.0 Å². The zero-order valence-corrected chi connectivity index (χ0v) is 17.4. The summed E-state index contributed by atoms with van der Waals surface area (Å²) in [5.41, 5.74) is 2.58. The van der Waals surface area contributed by atoms with Crippen molar-refractivity contribution in [3.8, 4) is 5.75 Å². The van der Waals surface area contributed by atoms with E-state index in [4.69, 9.17) is 4.74 Å². The number of carbonyl (C=O) groups is 2. The molecule has 0 radical (unpaired) electrons. The van der Waals surface area contributed by atoms with E-state index in [1.54, 1.807) is 12.0 Å². The van der Waals surface area contributed by atoms with E-state index in [0.717, 1.165) is 32.7 Å². The summed E-state index contributed by atoms with van der Waals surface area (Å²) in [7, 11) is 3.67. The number of amides is 2. The number of benzene rings is 3. The van der Waals surface area contributed by atoms with Gasteiger partial charge in [0, 0.05) is 5.56 Å². The summed E-state index contributed by atoms with van der Waals surface area (Å²) in [5, 5.41) is 5.09. The summed E-state index contributed by atoms with van der Waals surface area (Å²) in [6.45, 7) is 2.67. The van der Waals surface area contributed by atoms with Crippen molar-refractivity contribution in [2.75, 3.05) is 30.9 Å². The summed E-state index contributed by atoms with van der Waals surface area (Å²) in [5.74, 6) is 0.611. The SMILES string of the molecule is COc1ccc2cc(C[NH+](C)[C@@H](C)C(=O)N3CC(=O)Nc4ccccc43)ccc2c1. The van der Waals surface area contributed by atoms with Crippen LogP contribution in [0.2, 0.25) is 0 Å². The third-order valence-corrected chi connectivity index (χ3v) is 5.74. The monoisotopic (exact) mass is 404 g/mol. The zero-order chi connectivity index (χ0) is 21.3. The molecule has 1 unspecified atom stereocenters. The van der Waals surface area contributed by atoms with Gasteiger partial charge in [-0.15, -0.1) is 0 Å². The molecule has 2 N–H and O–H groups in total. The topological polar surface area (TPSA) is 63.1 Å². The maximum absolute atomic E-state index is 13.2. The van der Waals surface area contributed by atoms with Crippen molar-refractivity contribution in [2.24, 2.45) is 0 Å². The molecule has 0 saturated carbocycles. The second kappa shape index (κ2) is 8.16. The predicted octanol–water partition coefficient (Wildman–Crippen LogP) is 2.24. The lowest BCUT2D eigenvalue weighted by Crippen LogP contribution is -3.12. The standard InChI is InChI=1S/C24H25N3O3/c1-16(24(29)27-15-23(28)25-21-6-4-5-7-22(21)27)26(2)14-17-8-9-19-13-20(30-3)11-10-18(19)12-17/h4-13,16H,14-15H2,1-3H3,(H,25,28)/p+1/t16-/m0/s1. The summed E-state index contributed by atoms with van der Waals surface area (Å²) in [4.78, 5) is 28.0. The van der Waals surface area contributed by atoms with Gasteiger partial charge in [0.1, 0.15) is 18.8 Å². The lowest BCUT2D eigenvalue weighted by molar-refractivity contribution is -0.908. The largest absolute Gasteiger partial charge is 0.497 e. The summed E-state index contributed by atoms with van der Waals surface area (Å²) in [6, 6.07) is 19.5. The first-order valence-corrected chi connectivity index (χ1v) is 10.1. The highest BCUT2D eigenvalue weighted by atomic mass is 16.5. The second-order valence-corrected chi connectivity index (χ2v) is 7.78. The smallest absolute Gasteiger partial charge is 0.285 e. The molecule has 1 aliphatic heterocycles. The van der Waals surface area contributed by atoms with Crippen LogP contribution in [-0.2, 0) is 16.1 Å². The average molecular weight is 404 g/mol. The number of methoxy groups -OCH3 is 1. The van der Waals surface area contributed by atoms with E-state index in [0.29, 0.717) is 12.2 Å².